The van der Waals surface area contributed by atoms with Crippen LogP contribution in [0.1, 0.15) is 102 Å². The first-order chi connectivity index (χ1) is 25.1. The van der Waals surface area contributed by atoms with Crippen LogP contribution in [0.2, 0.25) is 5.02 Å². The normalized spacial score (nSPS) is 16.9. The lowest BCUT2D eigenvalue weighted by Gasteiger charge is -2.35. The largest absolute Gasteiger partial charge is 0.494 e. The number of primary amides is 1. The Morgan fingerprint density at radius 1 is 1.04 bits per heavy atom. The molecule has 4 rings (SSSR count). The second-order valence-corrected chi connectivity index (χ2v) is 16.2. The summed E-state index contributed by atoms with van der Waals surface area (Å²) >= 11 is 8.01. The molecule has 2 heterocycles. The molecule has 1 aliphatic heterocycles. The molecule has 0 radical (unpaired) electrons. The van der Waals surface area contributed by atoms with Crippen molar-refractivity contribution in [3.05, 3.63) is 69.8 Å². The number of aliphatic hydroxyl groups is 1. The Bertz CT molecular complexity index is 1710. The number of hydrogen-bond donors (Lipinski definition) is 4. The standard InChI is InChI=1S/C40H54ClN5O6S/c1-25(27-14-16-28(17-15-27)36-26(2)43-24-53-36)44-38(50)33-22-30(47)23-46(33)39(51)37(40(3,4)5)45-35(49)13-8-6-7-11-29-21-31(18-19-32(29)41)52-20-10-9-12-34(42)48/h14-19,21,24-25,30,33,37,47H,6-13,20,22-23H2,1-5H3,(H2,42,48)(H,44,50)(H,45,49)/t25-,30+,33-,37+/m0/s1. The molecule has 0 aliphatic carbocycles. The lowest BCUT2D eigenvalue weighted by Crippen LogP contribution is -2.57. The lowest BCUT2D eigenvalue weighted by atomic mass is 9.85. The summed E-state index contributed by atoms with van der Waals surface area (Å²) in [5.41, 5.74) is 10.3. The fourth-order valence-electron chi connectivity index (χ4n) is 6.45. The quantitative estimate of drug-likeness (QED) is 0.111. The van der Waals surface area contributed by atoms with Crippen LogP contribution in [0.15, 0.2) is 48.0 Å². The summed E-state index contributed by atoms with van der Waals surface area (Å²) in [6.07, 6.45) is 4.20. The number of unbranched alkanes of at least 4 members (excludes halogenated alkanes) is 3. The first-order valence-corrected chi connectivity index (χ1v) is 19.7. The maximum Gasteiger partial charge on any atom is 0.246 e. The minimum atomic E-state index is -0.881. The van der Waals surface area contributed by atoms with E-state index in [1.165, 1.54) is 4.90 Å². The minimum Gasteiger partial charge on any atom is -0.494 e. The summed E-state index contributed by atoms with van der Waals surface area (Å²) in [7, 11) is 0. The van der Waals surface area contributed by atoms with Gasteiger partial charge in [0.05, 0.1) is 34.8 Å². The fraction of sp³-hybridized carbons (Fsp3) is 0.525. The Hall–Kier alpha value is -4.00. The molecule has 1 saturated heterocycles. The third kappa shape index (κ3) is 12.3. The van der Waals surface area contributed by atoms with E-state index in [1.807, 2.05) is 82.6 Å². The number of amides is 4. The average molecular weight is 768 g/mol. The van der Waals surface area contributed by atoms with Crippen molar-refractivity contribution in [1.82, 2.24) is 20.5 Å². The number of nitrogens with one attached hydrogen (secondary N) is 2. The van der Waals surface area contributed by atoms with Gasteiger partial charge in [-0.15, -0.1) is 11.3 Å². The number of aliphatic hydroxyl groups excluding tert-OH is 1. The van der Waals surface area contributed by atoms with Crippen LogP contribution in [-0.4, -0.2) is 70.0 Å². The van der Waals surface area contributed by atoms with Gasteiger partial charge in [0.25, 0.3) is 0 Å². The molecule has 4 amide bonds. The van der Waals surface area contributed by atoms with Crippen molar-refractivity contribution in [2.75, 3.05) is 13.2 Å². The number of hydrogen-bond acceptors (Lipinski definition) is 8. The number of β-amino-alcohol motifs (C(OH)–C–C–N with tert-alkyl or cyclic N) is 1. The Balaban J connectivity index is 1.27. The van der Waals surface area contributed by atoms with Gasteiger partial charge in [0, 0.05) is 30.8 Å². The molecule has 5 N–H and O–H groups in total. The number of carbonyl (C=O) groups excluding carboxylic acids is 4. The van der Waals surface area contributed by atoms with Gasteiger partial charge in [-0.1, -0.05) is 63.1 Å². The van der Waals surface area contributed by atoms with Crippen LogP contribution in [0.5, 0.6) is 5.75 Å². The predicted octanol–water partition coefficient (Wildman–Crippen LogP) is 6.28. The summed E-state index contributed by atoms with van der Waals surface area (Å²) in [4.78, 5) is 58.5. The molecule has 3 aromatic rings. The number of nitrogens with two attached hydrogens (primary N) is 1. The summed E-state index contributed by atoms with van der Waals surface area (Å²) in [6.45, 7) is 9.98. The number of nitrogens with zero attached hydrogens (tertiary/aromatic N) is 2. The number of likely N-dealkylation sites (tertiary alicyclic amines) is 1. The fourth-order valence-corrected chi connectivity index (χ4v) is 7.47. The van der Waals surface area contributed by atoms with Crippen LogP contribution in [0.4, 0.5) is 0 Å². The van der Waals surface area contributed by atoms with E-state index >= 15 is 0 Å². The highest BCUT2D eigenvalue weighted by Crippen LogP contribution is 2.30. The highest BCUT2D eigenvalue weighted by Gasteiger charge is 2.44. The average Bonchev–Trinajstić information content (AvgIpc) is 3.72. The number of aromatic nitrogens is 1. The summed E-state index contributed by atoms with van der Waals surface area (Å²) in [5, 5.41) is 17.2. The molecule has 0 spiro atoms. The zero-order valence-electron chi connectivity index (χ0n) is 31.5. The topological polar surface area (TPSA) is 164 Å². The van der Waals surface area contributed by atoms with Crippen molar-refractivity contribution in [3.63, 3.8) is 0 Å². The van der Waals surface area contributed by atoms with E-state index in [2.05, 4.69) is 15.6 Å². The van der Waals surface area contributed by atoms with Gasteiger partial charge in [0.15, 0.2) is 0 Å². The van der Waals surface area contributed by atoms with Gasteiger partial charge in [0.1, 0.15) is 17.8 Å². The van der Waals surface area contributed by atoms with Gasteiger partial charge in [-0.25, -0.2) is 4.98 Å². The number of aryl methyl sites for hydroxylation is 2. The third-order valence-electron chi connectivity index (χ3n) is 9.51. The molecule has 0 bridgehead atoms. The minimum absolute atomic E-state index is 0.0146. The number of benzene rings is 2. The van der Waals surface area contributed by atoms with Crippen LogP contribution >= 0.6 is 22.9 Å². The number of rotatable bonds is 18. The third-order valence-corrected chi connectivity index (χ3v) is 10.9. The van der Waals surface area contributed by atoms with E-state index in [9.17, 15) is 24.3 Å². The molecule has 2 aromatic carbocycles. The van der Waals surface area contributed by atoms with E-state index < -0.39 is 23.6 Å². The number of ether oxygens (including phenoxy) is 1. The van der Waals surface area contributed by atoms with E-state index in [4.69, 9.17) is 22.1 Å². The molecule has 11 nitrogen and oxygen atoms in total. The van der Waals surface area contributed by atoms with Gasteiger partial charge < -0.3 is 31.1 Å². The zero-order chi connectivity index (χ0) is 38.7. The number of carbonyl (C=O) groups is 4. The molecule has 0 unspecified atom stereocenters. The molecule has 13 heteroatoms. The summed E-state index contributed by atoms with van der Waals surface area (Å²) in [5.74, 6) is -0.573. The maximum atomic E-state index is 14.0. The Labute approximate surface area is 322 Å². The van der Waals surface area contributed by atoms with Crippen LogP contribution in [0.3, 0.4) is 0 Å². The second-order valence-electron chi connectivity index (χ2n) is 15.0. The van der Waals surface area contributed by atoms with Crippen LogP contribution in [-0.2, 0) is 25.6 Å². The molecule has 1 aromatic heterocycles. The SMILES string of the molecule is Cc1ncsc1-c1ccc([C@H](C)NC(=O)[C@@H]2C[C@@H](O)CN2C(=O)[C@@H](NC(=O)CCCCCc2cc(OCCCCC(N)=O)ccc2Cl)C(C)(C)C)cc1. The second kappa shape index (κ2) is 19.4. The van der Waals surface area contributed by atoms with E-state index in [0.717, 1.165) is 52.9 Å². The zero-order valence-corrected chi connectivity index (χ0v) is 33.0. The smallest absolute Gasteiger partial charge is 0.246 e. The summed E-state index contributed by atoms with van der Waals surface area (Å²) < 4.78 is 5.81. The molecule has 1 fully saturated rings. The molecule has 0 saturated carbocycles. The molecule has 1 aliphatic rings. The molecule has 53 heavy (non-hydrogen) atoms. The van der Waals surface area contributed by atoms with Gasteiger partial charge in [-0.3, -0.25) is 19.2 Å². The highest BCUT2D eigenvalue weighted by molar-refractivity contribution is 7.13. The Kier molecular flexibility index (Phi) is 15.3. The molecule has 4 atom stereocenters. The lowest BCUT2D eigenvalue weighted by molar-refractivity contribution is -0.144. The van der Waals surface area contributed by atoms with Gasteiger partial charge >= 0.3 is 0 Å². The predicted molar refractivity (Wildman–Crippen MR) is 209 cm³/mol. The number of thiazole rings is 1. The van der Waals surface area contributed by atoms with E-state index in [-0.39, 0.29) is 49.1 Å². The number of halogens is 1. The van der Waals surface area contributed by atoms with Crippen molar-refractivity contribution < 1.29 is 29.0 Å². The molecular formula is C40H54ClN5O6S. The monoisotopic (exact) mass is 767 g/mol. The van der Waals surface area contributed by atoms with E-state index in [0.29, 0.717) is 36.6 Å². The van der Waals surface area contributed by atoms with Gasteiger partial charge in [-0.05, 0) is 86.3 Å². The van der Waals surface area contributed by atoms with Crippen molar-refractivity contribution in [1.29, 1.82) is 0 Å². The Morgan fingerprint density at radius 3 is 2.42 bits per heavy atom. The van der Waals surface area contributed by atoms with Crippen molar-refractivity contribution in [3.8, 4) is 16.2 Å². The molecule has 288 valence electrons. The van der Waals surface area contributed by atoms with E-state index in [1.54, 1.807) is 11.3 Å². The van der Waals surface area contributed by atoms with Crippen LogP contribution in [0, 0.1) is 12.3 Å². The van der Waals surface area contributed by atoms with Gasteiger partial charge in [-0.2, -0.15) is 0 Å². The van der Waals surface area contributed by atoms with Crippen molar-refractivity contribution in [2.45, 2.75) is 117 Å². The maximum absolute atomic E-state index is 14.0. The highest BCUT2D eigenvalue weighted by atomic mass is 35.5. The Morgan fingerprint density at radius 2 is 1.75 bits per heavy atom. The van der Waals surface area contributed by atoms with Crippen molar-refractivity contribution in [2.24, 2.45) is 11.1 Å². The van der Waals surface area contributed by atoms with Crippen LogP contribution in [0.25, 0.3) is 10.4 Å². The molecular weight excluding hydrogens is 714 g/mol. The van der Waals surface area contributed by atoms with Gasteiger partial charge in [0.2, 0.25) is 23.6 Å². The van der Waals surface area contributed by atoms with Crippen LogP contribution < -0.4 is 21.1 Å². The van der Waals surface area contributed by atoms with Crippen molar-refractivity contribution >= 4 is 46.6 Å². The first-order valence-electron chi connectivity index (χ1n) is 18.4. The first kappa shape index (κ1) is 41.8. The summed E-state index contributed by atoms with van der Waals surface area (Å²) in [6, 6.07) is 11.4.